The Kier molecular flexibility index (Phi) is 6.27. The fourth-order valence-electron chi connectivity index (χ4n) is 3.73. The van der Waals surface area contributed by atoms with Gasteiger partial charge in [0.15, 0.2) is 0 Å². The maximum absolute atomic E-state index is 11.3. The Hall–Kier alpha value is -2.40. The van der Waals surface area contributed by atoms with Crippen LogP contribution in [0.3, 0.4) is 0 Å². The predicted molar refractivity (Wildman–Crippen MR) is 112 cm³/mol. The summed E-state index contributed by atoms with van der Waals surface area (Å²) >= 11 is 0. The van der Waals surface area contributed by atoms with Gasteiger partial charge in [0.1, 0.15) is 6.10 Å². The van der Waals surface area contributed by atoms with Crippen LogP contribution < -0.4 is 0 Å². The first-order chi connectivity index (χ1) is 13.8. The smallest absolute Gasteiger partial charge is 0.311 e. The summed E-state index contributed by atoms with van der Waals surface area (Å²) in [6, 6.07) is 10.7. The Bertz CT molecular complexity index is 915. The van der Waals surface area contributed by atoms with Gasteiger partial charge in [-0.25, -0.2) is 0 Å². The maximum Gasteiger partial charge on any atom is 0.311 e. The van der Waals surface area contributed by atoms with E-state index >= 15 is 0 Å². The van der Waals surface area contributed by atoms with E-state index < -0.39 is 6.10 Å². The highest BCUT2D eigenvalue weighted by atomic mass is 16.5. The molecule has 0 amide bonds. The van der Waals surface area contributed by atoms with E-state index in [2.05, 4.69) is 35.1 Å². The Labute approximate surface area is 172 Å². The molecule has 0 radical (unpaired) electrons. The van der Waals surface area contributed by atoms with Crippen molar-refractivity contribution in [2.45, 2.75) is 65.1 Å². The Balaban J connectivity index is 0.000000229. The Morgan fingerprint density at radius 1 is 1.28 bits per heavy atom. The molecule has 1 saturated heterocycles. The molecule has 1 heterocycles. The van der Waals surface area contributed by atoms with Gasteiger partial charge in [-0.3, -0.25) is 9.59 Å². The van der Waals surface area contributed by atoms with E-state index in [4.69, 9.17) is 4.74 Å². The van der Waals surface area contributed by atoms with Gasteiger partial charge < -0.3 is 14.6 Å². The van der Waals surface area contributed by atoms with Crippen LogP contribution >= 0.6 is 0 Å². The molecule has 5 nitrogen and oxygen atoms in total. The summed E-state index contributed by atoms with van der Waals surface area (Å²) in [4.78, 5) is 22.2. The molecule has 2 unspecified atom stereocenters. The highest BCUT2D eigenvalue weighted by molar-refractivity contribution is 6.21. The van der Waals surface area contributed by atoms with Crippen LogP contribution in [0.15, 0.2) is 30.3 Å². The molecule has 1 N–H and O–H groups in total. The summed E-state index contributed by atoms with van der Waals surface area (Å²) in [6.45, 7) is 5.72. The van der Waals surface area contributed by atoms with Crippen LogP contribution in [0, 0.1) is 5.41 Å². The minimum atomic E-state index is -0.537. The summed E-state index contributed by atoms with van der Waals surface area (Å²) in [5.74, 6) is -0.410. The van der Waals surface area contributed by atoms with Crippen molar-refractivity contribution in [3.63, 3.8) is 0 Å². The van der Waals surface area contributed by atoms with E-state index in [1.54, 1.807) is 0 Å². The van der Waals surface area contributed by atoms with Crippen molar-refractivity contribution in [2.75, 3.05) is 7.11 Å². The highest BCUT2D eigenvalue weighted by Crippen LogP contribution is 2.49. The first-order valence-electron chi connectivity index (χ1n) is 10.3. The quantitative estimate of drug-likeness (QED) is 0.644. The summed E-state index contributed by atoms with van der Waals surface area (Å²) in [7, 11) is 1.42. The van der Waals surface area contributed by atoms with Crippen molar-refractivity contribution >= 4 is 22.7 Å². The number of esters is 2. The van der Waals surface area contributed by atoms with Gasteiger partial charge in [-0.1, -0.05) is 37.3 Å². The van der Waals surface area contributed by atoms with E-state index in [1.807, 2.05) is 20.8 Å². The van der Waals surface area contributed by atoms with Gasteiger partial charge in [0.25, 0.3) is 0 Å². The molecular formula is C24H30O5. The number of aliphatic hydroxyl groups is 1. The molecule has 2 aliphatic rings. The number of aliphatic hydroxyl groups excluding tert-OH is 1. The standard InChI is InChI=1S/C17H16O3.C7H14O2/c18-12-8-13(20-15(19)9-12)7-6-11-5-4-10-2-1-3-14-16(10)17(11)14;1-5-7(2,3)6(8)9-4/h1-5,12-13,18H,6-9H2;5H2,1-4H3. The number of benzene rings is 2. The fraction of sp³-hybridized carbons (Fsp3) is 0.500. The Morgan fingerprint density at radius 2 is 2.03 bits per heavy atom. The topological polar surface area (TPSA) is 72.8 Å². The zero-order valence-corrected chi connectivity index (χ0v) is 17.7. The monoisotopic (exact) mass is 398 g/mol. The number of carbonyl (C=O) groups excluding carboxylic acids is 2. The lowest BCUT2D eigenvalue weighted by Crippen LogP contribution is -2.32. The van der Waals surface area contributed by atoms with Crippen LogP contribution in [0.2, 0.25) is 0 Å². The van der Waals surface area contributed by atoms with Crippen LogP contribution in [0.1, 0.15) is 52.0 Å². The SMILES string of the molecule is CCC(C)(C)C(=O)OC.O=C1CC(O)CC(CCc2ccc3cccc4c3c2-4)O1. The molecule has 5 heteroatoms. The lowest BCUT2D eigenvalue weighted by atomic mass is 9.91. The molecule has 0 bridgehead atoms. The zero-order valence-electron chi connectivity index (χ0n) is 17.7. The molecule has 1 aliphatic carbocycles. The van der Waals surface area contributed by atoms with Crippen molar-refractivity contribution in [1.29, 1.82) is 0 Å². The number of carbonyl (C=O) groups is 2. The first kappa shape index (κ1) is 21.3. The van der Waals surface area contributed by atoms with Crippen molar-refractivity contribution < 1.29 is 24.2 Å². The van der Waals surface area contributed by atoms with Crippen molar-refractivity contribution in [3.05, 3.63) is 35.9 Å². The zero-order chi connectivity index (χ0) is 21.2. The highest BCUT2D eigenvalue weighted by Gasteiger charge is 2.29. The lowest BCUT2D eigenvalue weighted by Gasteiger charge is -2.25. The van der Waals surface area contributed by atoms with Crippen LogP contribution in [-0.2, 0) is 25.5 Å². The number of aryl methyl sites for hydroxylation is 1. The molecule has 1 fully saturated rings. The number of rotatable bonds is 5. The third-order valence-electron chi connectivity index (χ3n) is 5.93. The summed E-state index contributed by atoms with van der Waals surface area (Å²) in [5, 5.41) is 12.3. The molecule has 1 aliphatic heterocycles. The van der Waals surface area contributed by atoms with Gasteiger partial charge in [-0.2, -0.15) is 0 Å². The number of hydrogen-bond acceptors (Lipinski definition) is 5. The van der Waals surface area contributed by atoms with Crippen LogP contribution in [0.25, 0.3) is 21.9 Å². The van der Waals surface area contributed by atoms with E-state index in [1.165, 1.54) is 34.6 Å². The number of methoxy groups -OCH3 is 1. The van der Waals surface area contributed by atoms with E-state index in [0.717, 1.165) is 19.3 Å². The van der Waals surface area contributed by atoms with Crippen LogP contribution in [0.4, 0.5) is 0 Å². The lowest BCUT2D eigenvalue weighted by molar-refractivity contribution is -0.160. The second-order valence-electron chi connectivity index (χ2n) is 8.48. The summed E-state index contributed by atoms with van der Waals surface area (Å²) in [5.41, 5.74) is 3.77. The van der Waals surface area contributed by atoms with Crippen molar-refractivity contribution in [1.82, 2.24) is 0 Å². The predicted octanol–water partition coefficient (Wildman–Crippen LogP) is 4.41. The first-order valence-corrected chi connectivity index (χ1v) is 10.3. The number of cyclic esters (lactones) is 1. The molecule has 0 saturated carbocycles. The van der Waals surface area contributed by atoms with E-state index in [0.29, 0.717) is 6.42 Å². The largest absolute Gasteiger partial charge is 0.469 e. The molecule has 4 rings (SSSR count). The van der Waals surface area contributed by atoms with Gasteiger partial charge in [-0.15, -0.1) is 0 Å². The van der Waals surface area contributed by atoms with Gasteiger partial charge in [0.2, 0.25) is 0 Å². The average molecular weight is 398 g/mol. The van der Waals surface area contributed by atoms with E-state index in [9.17, 15) is 14.7 Å². The van der Waals surface area contributed by atoms with Crippen molar-refractivity contribution in [2.24, 2.45) is 5.41 Å². The molecule has 156 valence electrons. The Morgan fingerprint density at radius 3 is 2.66 bits per heavy atom. The molecule has 0 aromatic heterocycles. The van der Waals surface area contributed by atoms with Crippen molar-refractivity contribution in [3.8, 4) is 11.1 Å². The molecular weight excluding hydrogens is 368 g/mol. The van der Waals surface area contributed by atoms with E-state index in [-0.39, 0.29) is 29.9 Å². The number of ether oxygens (including phenoxy) is 2. The molecule has 29 heavy (non-hydrogen) atoms. The summed E-state index contributed by atoms with van der Waals surface area (Å²) < 4.78 is 9.87. The minimum Gasteiger partial charge on any atom is -0.469 e. The molecule has 0 spiro atoms. The maximum atomic E-state index is 11.3. The second kappa shape index (κ2) is 8.54. The van der Waals surface area contributed by atoms with Crippen LogP contribution in [-0.4, -0.2) is 36.4 Å². The third kappa shape index (κ3) is 4.78. The molecule has 2 aromatic carbocycles. The third-order valence-corrected chi connectivity index (χ3v) is 5.93. The number of hydrogen-bond donors (Lipinski definition) is 1. The van der Waals surface area contributed by atoms with Gasteiger partial charge in [0.05, 0.1) is 25.0 Å². The van der Waals surface area contributed by atoms with Gasteiger partial charge >= 0.3 is 11.9 Å². The molecule has 2 atom stereocenters. The second-order valence-corrected chi connectivity index (χ2v) is 8.48. The fourth-order valence-corrected chi connectivity index (χ4v) is 3.73. The summed E-state index contributed by atoms with van der Waals surface area (Å²) in [6.07, 6.45) is 2.52. The minimum absolute atomic E-state index is 0.134. The van der Waals surface area contributed by atoms with Gasteiger partial charge in [0, 0.05) is 6.42 Å². The normalized spacial score (nSPS) is 19.8. The molecule has 2 aromatic rings. The average Bonchev–Trinajstić information content (AvgIpc) is 3.43. The van der Waals surface area contributed by atoms with Gasteiger partial charge in [-0.05, 0) is 60.6 Å². The van der Waals surface area contributed by atoms with Crippen LogP contribution in [0.5, 0.6) is 0 Å². The number of fused-ring (bicyclic) bond motifs is 1.